The Kier molecular flexibility index (Phi) is 7.09. The second kappa shape index (κ2) is 10.1. The summed E-state index contributed by atoms with van der Waals surface area (Å²) < 4.78 is 4.56. The Morgan fingerprint density at radius 2 is 1.93 bits per heavy atom. The van der Waals surface area contributed by atoms with E-state index in [0.29, 0.717) is 13.0 Å². The molecule has 0 bridgehead atoms. The molecule has 1 amide bonds. The third-order valence-electron chi connectivity index (χ3n) is 5.25. The monoisotopic (exact) mass is 441 g/mol. The zero-order valence-corrected chi connectivity index (χ0v) is 18.8. The van der Waals surface area contributed by atoms with Crippen LogP contribution in [0.2, 0.25) is 0 Å². The van der Waals surface area contributed by atoms with E-state index in [9.17, 15) is 4.79 Å². The Labute approximate surface area is 185 Å². The summed E-state index contributed by atoms with van der Waals surface area (Å²) in [6, 6.07) is 12.5. The van der Waals surface area contributed by atoms with Gasteiger partial charge in [-0.2, -0.15) is 4.37 Å². The first-order valence-corrected chi connectivity index (χ1v) is 12.0. The maximum absolute atomic E-state index is 12.0. The second-order valence-electron chi connectivity index (χ2n) is 7.59. The molecule has 8 heteroatoms. The van der Waals surface area contributed by atoms with E-state index in [-0.39, 0.29) is 5.91 Å². The molecule has 0 saturated carbocycles. The lowest BCUT2D eigenvalue weighted by atomic mass is 10.1. The zero-order valence-electron chi connectivity index (χ0n) is 17.2. The van der Waals surface area contributed by atoms with Gasteiger partial charge in [0, 0.05) is 62.1 Å². The van der Waals surface area contributed by atoms with Crippen molar-refractivity contribution in [1.29, 1.82) is 0 Å². The van der Waals surface area contributed by atoms with Gasteiger partial charge in [0.2, 0.25) is 11.0 Å². The van der Waals surface area contributed by atoms with Crippen LogP contribution in [0.4, 0.5) is 5.13 Å². The molecule has 1 saturated heterocycles. The molecule has 1 N–H and O–H groups in total. The minimum atomic E-state index is 0.103. The molecule has 1 fully saturated rings. The lowest BCUT2D eigenvalue weighted by Crippen LogP contribution is -2.48. The van der Waals surface area contributed by atoms with Crippen molar-refractivity contribution >= 4 is 33.9 Å². The molecule has 0 aliphatic carbocycles. The van der Waals surface area contributed by atoms with Gasteiger partial charge in [-0.15, -0.1) is 11.3 Å². The van der Waals surface area contributed by atoms with Crippen LogP contribution < -0.4 is 10.2 Å². The molecular weight excluding hydrogens is 414 g/mol. The van der Waals surface area contributed by atoms with Crippen LogP contribution in [0.15, 0.2) is 41.8 Å². The van der Waals surface area contributed by atoms with Crippen LogP contribution >= 0.6 is 22.9 Å². The number of aromatic nitrogens is 2. The number of nitrogens with one attached hydrogen (secondary N) is 1. The molecule has 158 valence electrons. The van der Waals surface area contributed by atoms with Crippen molar-refractivity contribution in [1.82, 2.24) is 19.6 Å². The van der Waals surface area contributed by atoms with Crippen molar-refractivity contribution in [2.75, 3.05) is 44.2 Å². The van der Waals surface area contributed by atoms with Crippen LogP contribution in [-0.4, -0.2) is 59.4 Å². The molecule has 1 aliphatic heterocycles. The van der Waals surface area contributed by atoms with Gasteiger partial charge in [0.05, 0.1) is 6.42 Å². The number of piperazine rings is 1. The van der Waals surface area contributed by atoms with Gasteiger partial charge < -0.3 is 10.2 Å². The largest absolute Gasteiger partial charge is 0.355 e. The van der Waals surface area contributed by atoms with Crippen LogP contribution in [0.5, 0.6) is 0 Å². The second-order valence-corrected chi connectivity index (χ2v) is 9.35. The normalized spacial score (nSPS) is 14.8. The van der Waals surface area contributed by atoms with Gasteiger partial charge in [0.1, 0.15) is 5.82 Å². The predicted molar refractivity (Wildman–Crippen MR) is 124 cm³/mol. The molecule has 1 aliphatic rings. The molecule has 3 heterocycles. The summed E-state index contributed by atoms with van der Waals surface area (Å²) in [4.78, 5) is 22.6. The highest BCUT2D eigenvalue weighted by atomic mass is 32.1. The SMILES string of the molecule is Cc1ccc(Cc2nsc(N3CCN(CCNC(=O)Cc4cccs4)CC3)n2)cc1. The number of rotatable bonds is 8. The number of amides is 1. The van der Waals surface area contributed by atoms with E-state index >= 15 is 0 Å². The lowest BCUT2D eigenvalue weighted by molar-refractivity contribution is -0.120. The molecule has 0 radical (unpaired) electrons. The molecule has 2 aromatic heterocycles. The third-order valence-corrected chi connectivity index (χ3v) is 6.94. The van der Waals surface area contributed by atoms with E-state index in [1.54, 1.807) is 11.3 Å². The molecule has 4 rings (SSSR count). The molecule has 0 atom stereocenters. The van der Waals surface area contributed by atoms with Gasteiger partial charge in [-0.3, -0.25) is 9.69 Å². The predicted octanol–water partition coefficient (Wildman–Crippen LogP) is 2.98. The minimum absolute atomic E-state index is 0.103. The highest BCUT2D eigenvalue weighted by Crippen LogP contribution is 2.20. The van der Waals surface area contributed by atoms with E-state index in [0.717, 1.165) is 55.0 Å². The maximum atomic E-state index is 12.0. The summed E-state index contributed by atoms with van der Waals surface area (Å²) in [5, 5.41) is 6.05. The van der Waals surface area contributed by atoms with E-state index in [4.69, 9.17) is 4.98 Å². The van der Waals surface area contributed by atoms with Crippen molar-refractivity contribution in [3.63, 3.8) is 0 Å². The molecule has 3 aromatic rings. The molecule has 0 spiro atoms. The first-order chi connectivity index (χ1) is 14.7. The zero-order chi connectivity index (χ0) is 20.8. The van der Waals surface area contributed by atoms with Gasteiger partial charge >= 0.3 is 0 Å². The number of aryl methyl sites for hydroxylation is 1. The molecular formula is C22H27N5OS2. The summed E-state index contributed by atoms with van der Waals surface area (Å²) >= 11 is 3.12. The first kappa shape index (κ1) is 21.0. The van der Waals surface area contributed by atoms with Crippen molar-refractivity contribution in [3.8, 4) is 0 Å². The number of carbonyl (C=O) groups excluding carboxylic acids is 1. The van der Waals surface area contributed by atoms with Crippen LogP contribution in [-0.2, 0) is 17.6 Å². The topological polar surface area (TPSA) is 61.4 Å². The van der Waals surface area contributed by atoms with Gasteiger partial charge in [-0.25, -0.2) is 4.98 Å². The Morgan fingerprint density at radius 1 is 1.13 bits per heavy atom. The van der Waals surface area contributed by atoms with Crippen molar-refractivity contribution in [2.24, 2.45) is 0 Å². The summed E-state index contributed by atoms with van der Waals surface area (Å²) in [7, 11) is 0. The van der Waals surface area contributed by atoms with E-state index in [1.807, 2.05) is 17.5 Å². The average molecular weight is 442 g/mol. The average Bonchev–Trinajstić information content (AvgIpc) is 3.43. The van der Waals surface area contributed by atoms with E-state index < -0.39 is 0 Å². The van der Waals surface area contributed by atoms with E-state index in [1.165, 1.54) is 22.7 Å². The Hall–Kier alpha value is -2.29. The highest BCUT2D eigenvalue weighted by molar-refractivity contribution is 7.10. The van der Waals surface area contributed by atoms with E-state index in [2.05, 4.69) is 50.7 Å². The summed E-state index contributed by atoms with van der Waals surface area (Å²) in [6.45, 7) is 7.54. The number of hydrogen-bond donors (Lipinski definition) is 1. The van der Waals surface area contributed by atoms with Crippen LogP contribution in [0, 0.1) is 6.92 Å². The third kappa shape index (κ3) is 5.87. The van der Waals surface area contributed by atoms with Crippen LogP contribution in [0.3, 0.4) is 0 Å². The summed E-state index contributed by atoms with van der Waals surface area (Å²) in [5.41, 5.74) is 2.52. The Bertz CT molecular complexity index is 931. The summed E-state index contributed by atoms with van der Waals surface area (Å²) in [6.07, 6.45) is 1.26. The van der Waals surface area contributed by atoms with Gasteiger partial charge in [-0.1, -0.05) is 35.9 Å². The van der Waals surface area contributed by atoms with Gasteiger partial charge in [0.25, 0.3) is 0 Å². The number of thiophene rings is 1. The van der Waals surface area contributed by atoms with Crippen molar-refractivity contribution < 1.29 is 4.79 Å². The number of hydrogen-bond acceptors (Lipinski definition) is 7. The lowest BCUT2D eigenvalue weighted by Gasteiger charge is -2.34. The fourth-order valence-electron chi connectivity index (χ4n) is 3.48. The smallest absolute Gasteiger partial charge is 0.225 e. The first-order valence-electron chi connectivity index (χ1n) is 10.3. The highest BCUT2D eigenvalue weighted by Gasteiger charge is 2.20. The minimum Gasteiger partial charge on any atom is -0.355 e. The molecule has 30 heavy (non-hydrogen) atoms. The van der Waals surface area contributed by atoms with Crippen LogP contribution in [0.1, 0.15) is 21.8 Å². The van der Waals surface area contributed by atoms with Crippen molar-refractivity contribution in [3.05, 3.63) is 63.6 Å². The molecule has 1 aromatic carbocycles. The van der Waals surface area contributed by atoms with Gasteiger partial charge in [-0.05, 0) is 23.9 Å². The fraction of sp³-hybridized carbons (Fsp3) is 0.409. The number of nitrogens with zero attached hydrogens (tertiary/aromatic N) is 4. The number of benzene rings is 1. The standard InChI is InChI=1S/C22H27N5OS2/c1-17-4-6-18(7-5-17)15-20-24-22(30-25-20)27-12-10-26(11-13-27)9-8-23-21(28)16-19-3-2-14-29-19/h2-7,14H,8-13,15-16H2,1H3,(H,23,28). The van der Waals surface area contributed by atoms with Crippen molar-refractivity contribution in [2.45, 2.75) is 19.8 Å². The van der Waals surface area contributed by atoms with Crippen LogP contribution in [0.25, 0.3) is 0 Å². The quantitative estimate of drug-likeness (QED) is 0.582. The summed E-state index contributed by atoms with van der Waals surface area (Å²) in [5.74, 6) is 1.00. The Morgan fingerprint density at radius 3 is 2.67 bits per heavy atom. The Balaban J connectivity index is 1.18. The number of anilines is 1. The molecule has 0 unspecified atom stereocenters. The van der Waals surface area contributed by atoms with Gasteiger partial charge in [0.15, 0.2) is 0 Å². The molecule has 6 nitrogen and oxygen atoms in total. The fourth-order valence-corrected chi connectivity index (χ4v) is 4.92. The number of carbonyl (C=O) groups is 1. The maximum Gasteiger partial charge on any atom is 0.225 e.